The first-order valence-corrected chi connectivity index (χ1v) is 18.3. The van der Waals surface area contributed by atoms with Gasteiger partial charge in [-0.25, -0.2) is 0 Å². The molecule has 5 atom stereocenters. The Bertz CT molecular complexity index is 727. The molecule has 0 bridgehead atoms. The van der Waals surface area contributed by atoms with Crippen molar-refractivity contribution in [2.24, 2.45) is 0 Å². The van der Waals surface area contributed by atoms with E-state index >= 15 is 0 Å². The van der Waals surface area contributed by atoms with E-state index in [1.807, 2.05) is 33.9 Å². The Hall–Kier alpha value is 0.442. The highest BCUT2D eigenvalue weighted by atomic mass is 31.2. The Morgan fingerprint density at radius 2 is 1.71 bits per heavy atom. The Balaban J connectivity index is 3.34. The second kappa shape index (κ2) is 9.59. The zero-order valence-electron chi connectivity index (χ0n) is 20.3. The number of aliphatic hydroxyl groups excluding tert-OH is 1. The van der Waals surface area contributed by atoms with E-state index in [1.54, 1.807) is 6.92 Å². The van der Waals surface area contributed by atoms with Crippen molar-refractivity contribution in [1.82, 2.24) is 0 Å². The molecule has 2 unspecified atom stereocenters. The quantitative estimate of drug-likeness (QED) is 0.337. The number of aliphatic hydroxyl groups is 1. The van der Waals surface area contributed by atoms with Gasteiger partial charge in [0.25, 0.3) is 5.66 Å². The third-order valence-electron chi connectivity index (χ3n) is 6.42. The fourth-order valence-corrected chi connectivity index (χ4v) is 6.66. The van der Waals surface area contributed by atoms with Crippen LogP contribution in [-0.2, 0) is 22.8 Å². The van der Waals surface area contributed by atoms with Crippen molar-refractivity contribution in [1.29, 1.82) is 0 Å². The molecule has 0 aromatic rings. The lowest BCUT2D eigenvalue weighted by Crippen LogP contribution is -2.52. The molecule has 1 aliphatic heterocycles. The van der Waals surface area contributed by atoms with Gasteiger partial charge in [-0.3, -0.25) is 4.57 Å². The molecule has 6 nitrogen and oxygen atoms in total. The normalized spacial score (nSPS) is 30.4. The third kappa shape index (κ3) is 6.97. The van der Waals surface area contributed by atoms with Crippen molar-refractivity contribution in [3.05, 3.63) is 0 Å². The average molecular weight is 502 g/mol. The minimum Gasteiger partial charge on any atom is -0.409 e. The Kier molecular flexibility index (Phi) is 9.12. The van der Waals surface area contributed by atoms with Crippen molar-refractivity contribution < 1.29 is 36.7 Å². The fourth-order valence-electron chi connectivity index (χ4n) is 3.26. The van der Waals surface area contributed by atoms with Crippen LogP contribution >= 0.6 is 14.5 Å². The van der Waals surface area contributed by atoms with E-state index < -0.39 is 58.7 Å². The Morgan fingerprint density at radius 3 is 2.13 bits per heavy atom. The molecule has 182 valence electrons. The molecule has 0 spiro atoms. The molecule has 0 amide bonds. The zero-order chi connectivity index (χ0) is 24.7. The van der Waals surface area contributed by atoms with Crippen LogP contribution in [0.1, 0.15) is 40.5 Å². The summed E-state index contributed by atoms with van der Waals surface area (Å²) in [6, 6.07) is -1.16. The first-order valence-electron chi connectivity index (χ1n) is 10.5. The molecule has 2 radical (unpaired) electrons. The van der Waals surface area contributed by atoms with E-state index in [9.17, 15) is 23.0 Å². The molecule has 0 aliphatic carbocycles. The fraction of sp³-hybridized carbons (Fsp3) is 1.00. The summed E-state index contributed by atoms with van der Waals surface area (Å²) < 4.78 is 72.1. The summed E-state index contributed by atoms with van der Waals surface area (Å²) in [5.41, 5.74) is -5.47. The molecule has 1 N–H and O–H groups in total. The lowest BCUT2D eigenvalue weighted by molar-refractivity contribution is -0.112. The smallest absolute Gasteiger partial charge is 0.300 e. The SMILES string of the molecule is [B][C@@H]1O[C@@](CCP(C)(=O)OCC)(CC(F)(F)P(C)(C)=O)C(O)[C@@H]1O[Si](C)(C)C(C)(C)C. The summed E-state index contributed by atoms with van der Waals surface area (Å²) >= 11 is 0. The Morgan fingerprint density at radius 1 is 1.19 bits per heavy atom. The predicted molar refractivity (Wildman–Crippen MR) is 125 cm³/mol. The largest absolute Gasteiger partial charge is 0.409 e. The lowest BCUT2D eigenvalue weighted by atomic mass is 9.86. The minimum atomic E-state index is -3.87. The van der Waals surface area contributed by atoms with Crippen molar-refractivity contribution in [3.63, 3.8) is 0 Å². The van der Waals surface area contributed by atoms with Crippen LogP contribution in [0.5, 0.6) is 0 Å². The van der Waals surface area contributed by atoms with Gasteiger partial charge in [0.2, 0.25) is 0 Å². The maximum atomic E-state index is 14.9. The van der Waals surface area contributed by atoms with Crippen molar-refractivity contribution >= 4 is 30.7 Å². The summed E-state index contributed by atoms with van der Waals surface area (Å²) in [5, 5.41) is 11.0. The van der Waals surface area contributed by atoms with Gasteiger partial charge in [0.05, 0.1) is 19.1 Å². The maximum Gasteiger partial charge on any atom is 0.300 e. The molecule has 31 heavy (non-hydrogen) atoms. The van der Waals surface area contributed by atoms with Crippen LogP contribution in [0.2, 0.25) is 18.1 Å². The number of rotatable bonds is 10. The topological polar surface area (TPSA) is 82.1 Å². The maximum absolute atomic E-state index is 14.9. The first-order chi connectivity index (χ1) is 13.6. The molecule has 12 heteroatoms. The van der Waals surface area contributed by atoms with Crippen LogP contribution in [0.25, 0.3) is 0 Å². The molecule has 1 heterocycles. The third-order valence-corrected chi connectivity index (χ3v) is 14.5. The number of halogens is 2. The van der Waals surface area contributed by atoms with Gasteiger partial charge in [0.1, 0.15) is 26.7 Å². The minimum absolute atomic E-state index is 0.0920. The molecule has 1 aliphatic rings. The number of alkyl halides is 2. The van der Waals surface area contributed by atoms with E-state index in [4.69, 9.17) is 21.5 Å². The van der Waals surface area contributed by atoms with Gasteiger partial charge in [-0.2, -0.15) is 8.78 Å². The molecule has 0 aromatic carbocycles. The average Bonchev–Trinajstić information content (AvgIpc) is 2.75. The molecular weight excluding hydrogens is 463 g/mol. The van der Waals surface area contributed by atoms with Crippen LogP contribution in [0.15, 0.2) is 0 Å². The number of hydrogen-bond acceptors (Lipinski definition) is 6. The van der Waals surface area contributed by atoms with Gasteiger partial charge in [0, 0.05) is 18.8 Å². The molecule has 0 saturated carbocycles. The van der Waals surface area contributed by atoms with Crippen molar-refractivity contribution in [2.45, 2.75) is 88.1 Å². The highest BCUT2D eigenvalue weighted by Crippen LogP contribution is 2.60. The second-order valence-corrected chi connectivity index (χ2v) is 21.4. The van der Waals surface area contributed by atoms with E-state index in [2.05, 4.69) is 0 Å². The molecule has 1 saturated heterocycles. The monoisotopic (exact) mass is 502 g/mol. The van der Waals surface area contributed by atoms with Gasteiger partial charge in [-0.05, 0) is 44.8 Å². The Labute approximate surface area is 188 Å². The first kappa shape index (κ1) is 29.5. The van der Waals surface area contributed by atoms with Gasteiger partial charge in [-0.15, -0.1) is 0 Å². The molecule has 1 fully saturated rings. The predicted octanol–water partition coefficient (Wildman–Crippen LogP) is 4.94. The van der Waals surface area contributed by atoms with Crippen molar-refractivity contribution in [2.75, 3.05) is 32.8 Å². The van der Waals surface area contributed by atoms with E-state index in [0.29, 0.717) is 0 Å². The van der Waals surface area contributed by atoms with Crippen LogP contribution in [0, 0.1) is 0 Å². The second-order valence-electron chi connectivity index (χ2n) is 10.5. The molecular formula is C19H39BF2O6P2Si. The summed E-state index contributed by atoms with van der Waals surface area (Å²) in [4.78, 5) is 0. The van der Waals surface area contributed by atoms with E-state index in [0.717, 1.165) is 13.3 Å². The van der Waals surface area contributed by atoms with Crippen LogP contribution < -0.4 is 0 Å². The van der Waals surface area contributed by atoms with Crippen LogP contribution in [-0.4, -0.2) is 83.5 Å². The van der Waals surface area contributed by atoms with Gasteiger partial charge in [0.15, 0.2) is 15.7 Å². The van der Waals surface area contributed by atoms with Crippen LogP contribution in [0.3, 0.4) is 0 Å². The summed E-state index contributed by atoms with van der Waals surface area (Å²) in [5.74, 6) is 0. The van der Waals surface area contributed by atoms with E-state index in [-0.39, 0.29) is 24.2 Å². The molecule has 1 rings (SSSR count). The lowest BCUT2D eigenvalue weighted by Gasteiger charge is -2.41. The van der Waals surface area contributed by atoms with E-state index in [1.165, 1.54) is 6.66 Å². The van der Waals surface area contributed by atoms with Gasteiger partial charge >= 0.3 is 0 Å². The highest BCUT2D eigenvalue weighted by Gasteiger charge is 2.61. The van der Waals surface area contributed by atoms with Crippen molar-refractivity contribution in [3.8, 4) is 0 Å². The summed E-state index contributed by atoms with van der Waals surface area (Å²) in [6.07, 6.45) is -3.83. The van der Waals surface area contributed by atoms with Crippen LogP contribution in [0.4, 0.5) is 8.78 Å². The van der Waals surface area contributed by atoms with Gasteiger partial charge < -0.3 is 23.4 Å². The number of ether oxygens (including phenoxy) is 1. The van der Waals surface area contributed by atoms with Gasteiger partial charge in [-0.1, -0.05) is 20.8 Å². The summed E-state index contributed by atoms with van der Waals surface area (Å²) in [6.45, 7) is 15.2. The number of hydrogen-bond donors (Lipinski definition) is 1. The highest BCUT2D eigenvalue weighted by molar-refractivity contribution is 7.63. The summed E-state index contributed by atoms with van der Waals surface area (Å²) in [7, 11) is -3.28. The zero-order valence-corrected chi connectivity index (χ0v) is 23.1. The standard InChI is InChI=1S/C19H39BF2O6P2Si/c1-10-26-30(7,25)12-11-18(13-19(21,22)29(5,6)24)15(23)14(16(20)27-18)28-31(8,9)17(2,3)4/h14-16,23H,10-13H2,1-9H3/t14-,15?,16+,18-,30?/m0/s1. The molecule has 0 aromatic heterocycles.